The lowest BCUT2D eigenvalue weighted by Crippen LogP contribution is -1.92. The van der Waals surface area contributed by atoms with Crippen LogP contribution < -0.4 is 0 Å². The van der Waals surface area contributed by atoms with Gasteiger partial charge in [-0.3, -0.25) is 9.98 Å². The van der Waals surface area contributed by atoms with Gasteiger partial charge in [-0.25, -0.2) is 0 Å². The van der Waals surface area contributed by atoms with Crippen LogP contribution in [0.1, 0.15) is 5.56 Å². The topological polar surface area (TPSA) is 24.7 Å². The molecule has 0 aromatic heterocycles. The Kier molecular flexibility index (Phi) is 3.46. The molecule has 0 bridgehead atoms. The summed E-state index contributed by atoms with van der Waals surface area (Å²) < 4.78 is 0. The Labute approximate surface area is 101 Å². The standard InChI is InChI=1S/C15H14N2/c1-16-14-7-3-12(4-8-14)11-13-5-9-15(17-2)10-6-13/h3-11H,1H2,2H3. The van der Waals surface area contributed by atoms with Gasteiger partial charge < -0.3 is 0 Å². The maximum atomic E-state index is 4.11. The molecule has 1 aromatic carbocycles. The average Bonchev–Trinajstić information content (AvgIpc) is 2.40. The third kappa shape index (κ3) is 2.88. The first-order valence-electron chi connectivity index (χ1n) is 5.43. The zero-order valence-electron chi connectivity index (χ0n) is 9.80. The third-order valence-electron chi connectivity index (χ3n) is 2.56. The summed E-state index contributed by atoms with van der Waals surface area (Å²) in [7, 11) is 1.79. The summed E-state index contributed by atoms with van der Waals surface area (Å²) >= 11 is 0. The van der Waals surface area contributed by atoms with Crippen LogP contribution in [0.25, 0.3) is 6.08 Å². The molecule has 17 heavy (non-hydrogen) atoms. The van der Waals surface area contributed by atoms with Crippen LogP contribution in [0.5, 0.6) is 0 Å². The van der Waals surface area contributed by atoms with Gasteiger partial charge in [0, 0.05) is 7.05 Å². The lowest BCUT2D eigenvalue weighted by Gasteiger charge is -2.02. The van der Waals surface area contributed by atoms with E-state index in [2.05, 4.69) is 34.9 Å². The van der Waals surface area contributed by atoms with Gasteiger partial charge >= 0.3 is 0 Å². The number of allylic oxidation sites excluding steroid dienone is 5. The van der Waals surface area contributed by atoms with Crippen molar-refractivity contribution in [2.45, 2.75) is 0 Å². The van der Waals surface area contributed by atoms with E-state index in [0.29, 0.717) is 0 Å². The molecule has 2 heteroatoms. The van der Waals surface area contributed by atoms with Crippen molar-refractivity contribution in [3.05, 3.63) is 59.7 Å². The number of benzene rings is 1. The van der Waals surface area contributed by atoms with Crippen LogP contribution in [0.2, 0.25) is 0 Å². The van der Waals surface area contributed by atoms with Crippen molar-refractivity contribution in [1.29, 1.82) is 0 Å². The lowest BCUT2D eigenvalue weighted by atomic mass is 10.0. The molecule has 0 spiro atoms. The molecule has 1 aliphatic rings. The average molecular weight is 222 g/mol. The van der Waals surface area contributed by atoms with Crippen molar-refractivity contribution >= 4 is 24.2 Å². The predicted octanol–water partition coefficient (Wildman–Crippen LogP) is 3.60. The SMILES string of the molecule is C=Nc1ccc(C=C2C=CC(=NC)C=C2)cc1. The number of rotatable bonds is 2. The first-order chi connectivity index (χ1) is 8.31. The molecule has 84 valence electrons. The first kappa shape index (κ1) is 11.3. The second-order valence-corrected chi connectivity index (χ2v) is 3.71. The smallest absolute Gasteiger partial charge is 0.0622 e. The van der Waals surface area contributed by atoms with E-state index in [1.807, 2.05) is 36.4 Å². The van der Waals surface area contributed by atoms with Gasteiger partial charge in [-0.15, -0.1) is 0 Å². The van der Waals surface area contributed by atoms with Gasteiger partial charge in [0.1, 0.15) is 0 Å². The summed E-state index contributed by atoms with van der Waals surface area (Å²) in [6, 6.07) is 7.97. The largest absolute Gasteiger partial charge is 0.289 e. The molecule has 1 aromatic rings. The number of hydrogen-bond acceptors (Lipinski definition) is 2. The Bertz CT molecular complexity index is 511. The highest BCUT2D eigenvalue weighted by Gasteiger charge is 1.97. The Morgan fingerprint density at radius 2 is 1.65 bits per heavy atom. The van der Waals surface area contributed by atoms with Crippen LogP contribution in [0, 0.1) is 0 Å². The van der Waals surface area contributed by atoms with Gasteiger partial charge in [0.25, 0.3) is 0 Å². The fourth-order valence-electron chi connectivity index (χ4n) is 1.59. The fourth-order valence-corrected chi connectivity index (χ4v) is 1.59. The summed E-state index contributed by atoms with van der Waals surface area (Å²) in [6.45, 7) is 3.49. The highest BCUT2D eigenvalue weighted by atomic mass is 14.7. The van der Waals surface area contributed by atoms with Crippen molar-refractivity contribution in [2.75, 3.05) is 7.05 Å². The summed E-state index contributed by atoms with van der Waals surface area (Å²) in [5.74, 6) is 0. The molecule has 0 saturated heterocycles. The van der Waals surface area contributed by atoms with Crippen LogP contribution in [-0.4, -0.2) is 19.5 Å². The molecule has 2 nitrogen and oxygen atoms in total. The zero-order valence-corrected chi connectivity index (χ0v) is 9.80. The predicted molar refractivity (Wildman–Crippen MR) is 75.3 cm³/mol. The zero-order chi connectivity index (χ0) is 12.1. The molecule has 2 rings (SSSR count). The second kappa shape index (κ2) is 5.21. The maximum absolute atomic E-state index is 4.11. The Morgan fingerprint density at radius 1 is 1.00 bits per heavy atom. The molecule has 0 amide bonds. The van der Waals surface area contributed by atoms with Crippen LogP contribution in [0.4, 0.5) is 5.69 Å². The highest BCUT2D eigenvalue weighted by molar-refractivity contribution is 6.06. The lowest BCUT2D eigenvalue weighted by molar-refractivity contribution is 1.44. The van der Waals surface area contributed by atoms with Gasteiger partial charge in [-0.2, -0.15) is 0 Å². The van der Waals surface area contributed by atoms with E-state index >= 15 is 0 Å². The van der Waals surface area contributed by atoms with Crippen molar-refractivity contribution in [1.82, 2.24) is 0 Å². The van der Waals surface area contributed by atoms with E-state index in [-0.39, 0.29) is 0 Å². The molecule has 0 aliphatic heterocycles. The van der Waals surface area contributed by atoms with Crippen molar-refractivity contribution in [3.8, 4) is 0 Å². The van der Waals surface area contributed by atoms with E-state index in [1.165, 1.54) is 0 Å². The molecule has 0 fully saturated rings. The molecule has 0 N–H and O–H groups in total. The van der Waals surface area contributed by atoms with E-state index < -0.39 is 0 Å². The minimum Gasteiger partial charge on any atom is -0.289 e. The van der Waals surface area contributed by atoms with E-state index in [0.717, 1.165) is 22.5 Å². The fraction of sp³-hybridized carbons (Fsp3) is 0.0667. The third-order valence-corrected chi connectivity index (χ3v) is 2.56. The van der Waals surface area contributed by atoms with Crippen LogP contribution in [-0.2, 0) is 0 Å². The molecule has 0 unspecified atom stereocenters. The molecule has 0 radical (unpaired) electrons. The van der Waals surface area contributed by atoms with E-state index in [4.69, 9.17) is 0 Å². The second-order valence-electron chi connectivity index (χ2n) is 3.71. The van der Waals surface area contributed by atoms with Crippen LogP contribution in [0.15, 0.2) is 64.1 Å². The normalized spacial score (nSPS) is 13.7. The first-order valence-corrected chi connectivity index (χ1v) is 5.43. The van der Waals surface area contributed by atoms with Crippen molar-refractivity contribution in [3.63, 3.8) is 0 Å². The maximum Gasteiger partial charge on any atom is 0.0622 e. The van der Waals surface area contributed by atoms with Crippen LogP contribution in [0.3, 0.4) is 0 Å². The van der Waals surface area contributed by atoms with Crippen molar-refractivity contribution in [2.24, 2.45) is 9.98 Å². The minimum atomic E-state index is 0.891. The van der Waals surface area contributed by atoms with Crippen molar-refractivity contribution < 1.29 is 0 Å². The Balaban J connectivity index is 2.20. The van der Waals surface area contributed by atoms with Crippen LogP contribution >= 0.6 is 0 Å². The molecule has 0 saturated carbocycles. The quantitative estimate of drug-likeness (QED) is 0.683. The van der Waals surface area contributed by atoms with Gasteiger partial charge in [-0.1, -0.05) is 24.3 Å². The molecular formula is C15H14N2. The summed E-state index contributed by atoms with van der Waals surface area (Å²) in [6.07, 6.45) is 10.2. The van der Waals surface area contributed by atoms with Gasteiger partial charge in [0.15, 0.2) is 0 Å². The molecule has 0 atom stereocenters. The van der Waals surface area contributed by atoms with Gasteiger partial charge in [0.05, 0.1) is 11.4 Å². The minimum absolute atomic E-state index is 0.891. The Morgan fingerprint density at radius 3 is 2.18 bits per heavy atom. The van der Waals surface area contributed by atoms with Gasteiger partial charge in [0.2, 0.25) is 0 Å². The molecule has 0 heterocycles. The monoisotopic (exact) mass is 222 g/mol. The summed E-state index contributed by atoms with van der Waals surface area (Å²) in [5, 5.41) is 0. The summed E-state index contributed by atoms with van der Waals surface area (Å²) in [5.41, 5.74) is 4.20. The van der Waals surface area contributed by atoms with E-state index in [1.54, 1.807) is 7.05 Å². The van der Waals surface area contributed by atoms with Gasteiger partial charge in [-0.05, 0) is 48.2 Å². The molecule has 1 aliphatic carbocycles. The molecular weight excluding hydrogens is 208 g/mol. The highest BCUT2D eigenvalue weighted by Crippen LogP contribution is 2.16. The summed E-state index contributed by atoms with van der Waals surface area (Å²) in [4.78, 5) is 7.97. The van der Waals surface area contributed by atoms with E-state index in [9.17, 15) is 0 Å². The number of nitrogens with zero attached hydrogens (tertiary/aromatic N) is 2. The Hall–Kier alpha value is -2.22. The number of aliphatic imine (C=N–C) groups is 2. The number of hydrogen-bond donors (Lipinski definition) is 0.